The predicted octanol–water partition coefficient (Wildman–Crippen LogP) is 6.07. The molecule has 0 unspecified atom stereocenters. The van der Waals surface area contributed by atoms with Crippen LogP contribution in [-0.2, 0) is 12.0 Å². The minimum atomic E-state index is -0.359. The van der Waals surface area contributed by atoms with E-state index in [0.717, 1.165) is 16.5 Å². The topological polar surface area (TPSA) is 71.5 Å². The van der Waals surface area contributed by atoms with Gasteiger partial charge in [0, 0.05) is 22.8 Å². The van der Waals surface area contributed by atoms with Crippen molar-refractivity contribution in [1.29, 1.82) is 0 Å². The summed E-state index contributed by atoms with van der Waals surface area (Å²) in [6.07, 6.45) is 1.54. The average molecular weight is 427 g/mol. The van der Waals surface area contributed by atoms with Crippen molar-refractivity contribution in [2.24, 2.45) is 0 Å². The van der Waals surface area contributed by atoms with Crippen LogP contribution < -0.4 is 10.1 Å². The number of para-hydroxylation sites is 1. The van der Waals surface area contributed by atoms with Crippen LogP contribution in [0, 0.1) is 0 Å². The smallest absolute Gasteiger partial charge is 0.261 e. The summed E-state index contributed by atoms with van der Waals surface area (Å²) in [4.78, 5) is 17.8. The van der Waals surface area contributed by atoms with E-state index in [1.54, 1.807) is 18.2 Å². The van der Waals surface area contributed by atoms with Gasteiger partial charge in [-0.2, -0.15) is 0 Å². The lowest BCUT2D eigenvalue weighted by molar-refractivity contribution is 0.102. The average Bonchev–Trinajstić information content (AvgIpc) is 2.77. The van der Waals surface area contributed by atoms with Crippen molar-refractivity contribution < 1.29 is 14.6 Å². The number of rotatable bonds is 5. The zero-order valence-electron chi connectivity index (χ0n) is 18.4. The van der Waals surface area contributed by atoms with Crippen molar-refractivity contribution in [2.75, 3.05) is 5.32 Å². The van der Waals surface area contributed by atoms with Crippen LogP contribution in [0.5, 0.6) is 11.5 Å². The Morgan fingerprint density at radius 3 is 2.44 bits per heavy atom. The van der Waals surface area contributed by atoms with E-state index in [9.17, 15) is 9.90 Å². The summed E-state index contributed by atoms with van der Waals surface area (Å²) < 4.78 is 6.17. The Hall–Kier alpha value is -3.86. The third-order valence-electron chi connectivity index (χ3n) is 5.24. The molecule has 1 aromatic heterocycles. The number of hydrogen-bond donors (Lipinski definition) is 2. The molecule has 0 aliphatic heterocycles. The molecule has 0 aliphatic rings. The highest BCUT2D eigenvalue weighted by Crippen LogP contribution is 2.37. The standard InChI is InChI=1S/C27H26N2O3/c1-27(2,3)24-22(14-9-15-23(24)30)29-26(31)20-16-28-21-13-8-7-12-19(21)25(20)32-17-18-10-5-4-6-11-18/h4-16,30H,17H2,1-3H3,(H,29,31). The molecule has 0 saturated carbocycles. The Kier molecular flexibility index (Phi) is 5.82. The van der Waals surface area contributed by atoms with Gasteiger partial charge in [-0.1, -0.05) is 69.3 Å². The molecule has 162 valence electrons. The summed E-state index contributed by atoms with van der Waals surface area (Å²) >= 11 is 0. The van der Waals surface area contributed by atoms with E-state index in [2.05, 4.69) is 10.3 Å². The number of phenols is 1. The van der Waals surface area contributed by atoms with Crippen LogP contribution >= 0.6 is 0 Å². The molecular weight excluding hydrogens is 400 g/mol. The number of aromatic hydroxyl groups is 1. The number of ether oxygens (including phenoxy) is 1. The molecule has 0 atom stereocenters. The first kappa shape index (κ1) is 21.4. The van der Waals surface area contributed by atoms with Crippen LogP contribution in [0.1, 0.15) is 42.3 Å². The van der Waals surface area contributed by atoms with E-state index in [4.69, 9.17) is 4.74 Å². The number of nitrogens with one attached hydrogen (secondary N) is 1. The van der Waals surface area contributed by atoms with Crippen LogP contribution in [0.4, 0.5) is 5.69 Å². The van der Waals surface area contributed by atoms with Gasteiger partial charge in [0.25, 0.3) is 5.91 Å². The summed E-state index contributed by atoms with van der Waals surface area (Å²) in [6.45, 7) is 6.30. The van der Waals surface area contributed by atoms with Gasteiger partial charge in [0.15, 0.2) is 0 Å². The fourth-order valence-corrected chi connectivity index (χ4v) is 3.79. The van der Waals surface area contributed by atoms with Gasteiger partial charge in [-0.3, -0.25) is 9.78 Å². The first-order valence-electron chi connectivity index (χ1n) is 10.5. The molecule has 3 aromatic carbocycles. The minimum absolute atomic E-state index is 0.146. The van der Waals surface area contributed by atoms with Crippen molar-refractivity contribution in [3.05, 3.63) is 95.7 Å². The number of benzene rings is 3. The molecule has 0 radical (unpaired) electrons. The van der Waals surface area contributed by atoms with Gasteiger partial charge in [0.1, 0.15) is 23.7 Å². The molecule has 0 bridgehead atoms. The Bertz CT molecular complexity index is 1260. The van der Waals surface area contributed by atoms with Crippen molar-refractivity contribution in [3.8, 4) is 11.5 Å². The summed E-state index contributed by atoms with van der Waals surface area (Å²) in [7, 11) is 0. The van der Waals surface area contributed by atoms with Gasteiger partial charge in [0.2, 0.25) is 0 Å². The lowest BCUT2D eigenvalue weighted by atomic mass is 9.85. The fraction of sp³-hybridized carbons (Fsp3) is 0.185. The van der Waals surface area contributed by atoms with Gasteiger partial charge in [0.05, 0.1) is 5.52 Å². The number of amides is 1. The van der Waals surface area contributed by atoms with E-state index < -0.39 is 0 Å². The summed E-state index contributed by atoms with van der Waals surface area (Å²) in [5.74, 6) is 0.282. The lowest BCUT2D eigenvalue weighted by Crippen LogP contribution is -2.20. The summed E-state index contributed by atoms with van der Waals surface area (Å²) in [5.41, 5.74) is 2.96. The van der Waals surface area contributed by atoms with Crippen molar-refractivity contribution >= 4 is 22.5 Å². The Balaban J connectivity index is 1.73. The Morgan fingerprint density at radius 2 is 1.69 bits per heavy atom. The van der Waals surface area contributed by atoms with Crippen molar-refractivity contribution in [3.63, 3.8) is 0 Å². The van der Waals surface area contributed by atoms with E-state index in [1.807, 2.05) is 75.4 Å². The van der Waals surface area contributed by atoms with Gasteiger partial charge in [-0.05, 0) is 35.2 Å². The van der Waals surface area contributed by atoms with Gasteiger partial charge < -0.3 is 15.2 Å². The maximum absolute atomic E-state index is 13.4. The van der Waals surface area contributed by atoms with E-state index >= 15 is 0 Å². The van der Waals surface area contributed by atoms with Crippen molar-refractivity contribution in [1.82, 2.24) is 4.98 Å². The number of pyridine rings is 1. The van der Waals surface area contributed by atoms with Crippen LogP contribution in [-0.4, -0.2) is 16.0 Å². The number of phenolic OH excluding ortho intramolecular Hbond substituents is 1. The fourth-order valence-electron chi connectivity index (χ4n) is 3.79. The quantitative estimate of drug-likeness (QED) is 0.406. The molecule has 1 amide bonds. The molecule has 4 rings (SSSR count). The number of nitrogens with zero attached hydrogens (tertiary/aromatic N) is 1. The maximum atomic E-state index is 13.4. The first-order chi connectivity index (χ1) is 15.3. The Morgan fingerprint density at radius 1 is 0.969 bits per heavy atom. The van der Waals surface area contributed by atoms with Gasteiger partial charge >= 0.3 is 0 Å². The molecule has 5 heteroatoms. The normalized spacial score (nSPS) is 11.3. The molecule has 0 spiro atoms. The number of anilines is 1. The Labute approximate surface area is 187 Å². The minimum Gasteiger partial charge on any atom is -0.508 e. The number of hydrogen-bond acceptors (Lipinski definition) is 4. The number of fused-ring (bicyclic) bond motifs is 1. The SMILES string of the molecule is CC(C)(C)c1c(O)cccc1NC(=O)c1cnc2ccccc2c1OCc1ccccc1. The van der Waals surface area contributed by atoms with E-state index in [0.29, 0.717) is 29.2 Å². The molecule has 0 aliphatic carbocycles. The summed E-state index contributed by atoms with van der Waals surface area (Å²) in [5, 5.41) is 14.2. The zero-order chi connectivity index (χ0) is 22.7. The first-order valence-corrected chi connectivity index (χ1v) is 10.5. The summed E-state index contributed by atoms with van der Waals surface area (Å²) in [6, 6.07) is 22.5. The largest absolute Gasteiger partial charge is 0.508 e. The second kappa shape index (κ2) is 8.71. The van der Waals surface area contributed by atoms with Gasteiger partial charge in [-0.25, -0.2) is 0 Å². The molecular formula is C27H26N2O3. The molecule has 0 saturated heterocycles. The second-order valence-corrected chi connectivity index (χ2v) is 8.70. The number of carbonyl (C=O) groups excluding carboxylic acids is 1. The maximum Gasteiger partial charge on any atom is 0.261 e. The number of carbonyl (C=O) groups is 1. The van der Waals surface area contributed by atoms with Crippen LogP contribution in [0.3, 0.4) is 0 Å². The molecule has 0 fully saturated rings. The molecule has 4 aromatic rings. The molecule has 5 nitrogen and oxygen atoms in total. The molecule has 32 heavy (non-hydrogen) atoms. The van der Waals surface area contributed by atoms with Gasteiger partial charge in [-0.15, -0.1) is 0 Å². The monoisotopic (exact) mass is 426 g/mol. The third kappa shape index (κ3) is 4.42. The molecule has 2 N–H and O–H groups in total. The molecule has 1 heterocycles. The second-order valence-electron chi connectivity index (χ2n) is 8.70. The zero-order valence-corrected chi connectivity index (χ0v) is 18.4. The van der Waals surface area contributed by atoms with Crippen LogP contribution in [0.15, 0.2) is 79.0 Å². The van der Waals surface area contributed by atoms with Crippen LogP contribution in [0.2, 0.25) is 0 Å². The van der Waals surface area contributed by atoms with Crippen molar-refractivity contribution in [2.45, 2.75) is 32.8 Å². The highest BCUT2D eigenvalue weighted by atomic mass is 16.5. The van der Waals surface area contributed by atoms with E-state index in [1.165, 1.54) is 6.20 Å². The predicted molar refractivity (Wildman–Crippen MR) is 127 cm³/mol. The highest BCUT2D eigenvalue weighted by molar-refractivity contribution is 6.09. The lowest BCUT2D eigenvalue weighted by Gasteiger charge is -2.24. The van der Waals surface area contributed by atoms with E-state index in [-0.39, 0.29) is 17.1 Å². The van der Waals surface area contributed by atoms with Crippen LogP contribution in [0.25, 0.3) is 10.9 Å². The highest BCUT2D eigenvalue weighted by Gasteiger charge is 2.24. The third-order valence-corrected chi connectivity index (χ3v) is 5.24. The number of aromatic nitrogens is 1.